The topological polar surface area (TPSA) is 130 Å². The van der Waals surface area contributed by atoms with Gasteiger partial charge in [-0.1, -0.05) is 0 Å². The van der Waals surface area contributed by atoms with E-state index in [9.17, 15) is 249 Å². The third kappa shape index (κ3) is 14.6. The molecule has 0 aliphatic carbocycles. The zero-order valence-corrected chi connectivity index (χ0v) is 45.7. The SMILES string of the molecule is CC(OS(=O)(=O)CCC(F)(F)C(F)(F)C(F)(F)C(F)(F)C(F)(F)C(F)(F)C(F)(F)C(F)(F)F)C(COS(=O)(=O)CCC(F)(F)C(F)(F)C(F)(F)C(F)(F)C(F)(F)C(F)(F)C(F)(F)C(F)(F)F)OS(=O)(=O)CCC(F)(F)C(F)(F)C(F)(F)C(F)(F)C(F)(F)C(F)(F)C(F)(F)C(F)(F)F. The van der Waals surface area contributed by atoms with Crippen LogP contribution in [0.2, 0.25) is 0 Å². The molecule has 584 valence electrons. The van der Waals surface area contributed by atoms with E-state index in [2.05, 4.69) is 12.5 Å². The molecule has 0 amide bonds. The molecule has 2 unspecified atom stereocenters. The Hall–Kier alpha value is -3.84. The van der Waals surface area contributed by atoms with Gasteiger partial charge in [-0.25, -0.2) is 0 Å². The first kappa shape index (κ1) is 93.2. The fraction of sp³-hybridized carbons (Fsp3) is 1.00. The van der Waals surface area contributed by atoms with Crippen LogP contribution in [0, 0.1) is 0 Å². The Morgan fingerprint density at radius 3 is 0.567 bits per heavy atom. The summed E-state index contributed by atoms with van der Waals surface area (Å²) in [5.41, 5.74) is 0. The molecule has 0 heterocycles. The summed E-state index contributed by atoms with van der Waals surface area (Å²) >= 11 is 0. The first-order chi connectivity index (χ1) is 41.1. The maximum absolute atomic E-state index is 14.6. The molecule has 0 fully saturated rings. The first-order valence-electron chi connectivity index (χ1n) is 21.9. The molecular weight excluding hydrogens is 1620 g/mol. The summed E-state index contributed by atoms with van der Waals surface area (Å²) < 4.78 is 781. The fourth-order valence-electron chi connectivity index (χ4n) is 5.87. The van der Waals surface area contributed by atoms with Gasteiger partial charge in [0.15, 0.2) is 0 Å². The quantitative estimate of drug-likeness (QED) is 0.0450. The number of alkyl halides is 51. The lowest BCUT2D eigenvalue weighted by atomic mass is 9.88. The fourth-order valence-corrected chi connectivity index (χ4v) is 9.21. The molecule has 0 aliphatic heterocycles. The van der Waals surface area contributed by atoms with E-state index in [-0.39, 0.29) is 0 Å². The predicted octanol–water partition coefficient (Wildman–Crippen LogP) is 16.0. The maximum Gasteiger partial charge on any atom is 0.460 e. The molecule has 0 aromatic heterocycles. The second kappa shape index (κ2) is 25.2. The largest absolute Gasteiger partial charge is 0.460 e. The molecule has 0 aromatic rings. The molecule has 0 rings (SSSR count). The van der Waals surface area contributed by atoms with Gasteiger partial charge >= 0.3 is 143 Å². The van der Waals surface area contributed by atoms with Crippen LogP contribution in [0.4, 0.5) is 224 Å². The van der Waals surface area contributed by atoms with Gasteiger partial charge in [0.05, 0.1) is 23.9 Å². The van der Waals surface area contributed by atoms with Crippen molar-refractivity contribution in [3.05, 3.63) is 0 Å². The second-order valence-corrected chi connectivity index (χ2v) is 23.9. The van der Waals surface area contributed by atoms with Gasteiger partial charge in [-0.2, -0.15) is 249 Å². The van der Waals surface area contributed by atoms with Crippen LogP contribution in [-0.4, -0.2) is 204 Å². The van der Waals surface area contributed by atoms with E-state index in [4.69, 9.17) is 0 Å². The van der Waals surface area contributed by atoms with E-state index in [0.717, 1.165) is 0 Å². The summed E-state index contributed by atoms with van der Waals surface area (Å²) in [6.07, 6.45) is -46.3. The van der Waals surface area contributed by atoms with Crippen molar-refractivity contribution in [3.8, 4) is 0 Å². The maximum atomic E-state index is 14.6. The van der Waals surface area contributed by atoms with Crippen LogP contribution < -0.4 is 0 Å². The first-order valence-corrected chi connectivity index (χ1v) is 26.6. The Labute approximate surface area is 497 Å². The Bertz CT molecular complexity index is 3100. The van der Waals surface area contributed by atoms with Crippen LogP contribution in [0.1, 0.15) is 26.2 Å². The highest BCUT2D eigenvalue weighted by atomic mass is 32.2. The second-order valence-electron chi connectivity index (χ2n) is 18.7. The molecule has 0 N–H and O–H groups in total. The van der Waals surface area contributed by atoms with Crippen molar-refractivity contribution in [1.29, 1.82) is 0 Å². The van der Waals surface area contributed by atoms with Crippen molar-refractivity contribution < 1.29 is 262 Å². The highest BCUT2D eigenvalue weighted by Crippen LogP contribution is 2.68. The smallest absolute Gasteiger partial charge is 0.267 e. The van der Waals surface area contributed by atoms with Crippen molar-refractivity contribution in [2.45, 2.75) is 181 Å². The Morgan fingerprint density at radius 2 is 0.381 bits per heavy atom. The molecule has 9 nitrogen and oxygen atoms in total. The summed E-state index contributed by atoms with van der Waals surface area (Å²) in [5, 5.41) is 0. The van der Waals surface area contributed by atoms with Gasteiger partial charge in [-0.3, -0.25) is 12.5 Å². The van der Waals surface area contributed by atoms with Gasteiger partial charge in [0, 0.05) is 19.3 Å². The van der Waals surface area contributed by atoms with Crippen LogP contribution in [0.3, 0.4) is 0 Å². The van der Waals surface area contributed by atoms with Crippen LogP contribution in [0.15, 0.2) is 0 Å². The average Bonchev–Trinajstić information content (AvgIpc) is 0.708. The highest BCUT2D eigenvalue weighted by molar-refractivity contribution is 7.87. The summed E-state index contributed by atoms with van der Waals surface area (Å²) in [6.45, 7) is -4.09. The molecule has 2 atom stereocenters. The molecular formula is C34H19F51O9S3. The van der Waals surface area contributed by atoms with Gasteiger partial charge in [0.1, 0.15) is 12.2 Å². The van der Waals surface area contributed by atoms with Crippen molar-refractivity contribution in [3.63, 3.8) is 0 Å². The summed E-state index contributed by atoms with van der Waals surface area (Å²) in [5.74, 6) is -200. The lowest BCUT2D eigenvalue weighted by molar-refractivity contribution is -0.461. The van der Waals surface area contributed by atoms with Crippen LogP contribution in [-0.2, 0) is 42.9 Å². The van der Waals surface area contributed by atoms with E-state index in [0.29, 0.717) is 0 Å². The Kier molecular flexibility index (Phi) is 24.3. The van der Waals surface area contributed by atoms with Gasteiger partial charge < -0.3 is 0 Å². The van der Waals surface area contributed by atoms with Crippen molar-refractivity contribution in [1.82, 2.24) is 0 Å². The minimum atomic E-state index is -9.48. The molecule has 97 heavy (non-hydrogen) atoms. The molecule has 0 radical (unpaired) electrons. The predicted molar refractivity (Wildman–Crippen MR) is 199 cm³/mol. The van der Waals surface area contributed by atoms with Crippen LogP contribution in [0.5, 0.6) is 0 Å². The molecule has 0 bridgehead atoms. The minimum Gasteiger partial charge on any atom is -0.267 e. The Balaban J connectivity index is 7.89. The van der Waals surface area contributed by atoms with E-state index in [1.807, 2.05) is 0 Å². The zero-order valence-electron chi connectivity index (χ0n) is 43.3. The number of rotatable bonds is 35. The standard InChI is InChI=1S/C34H19F51O9S3/c1-9(93-96(88,89)6-3-12(37,38)15(43,44)18(49,50)21(55,56)24(61,62)27(67,68)30(73,74)33(80,81)82)10(94-97(90,91)7-4-13(39,40)16(45,46)19(51,52)22(57,58)25(63,64)28(69,70)31(75,76)34(83,84)85)8-92-95(86,87)5-2-11(35,36)14(41,42)17(47,48)20(53,54)23(59,60)26(65,66)29(71,72)32(77,78)79/h9-10H,2-8H2,1H3. The van der Waals surface area contributed by atoms with Crippen LogP contribution in [0.25, 0.3) is 0 Å². The van der Waals surface area contributed by atoms with Gasteiger partial charge in [-0.15, -0.1) is 0 Å². The molecule has 0 saturated carbocycles. The highest BCUT2D eigenvalue weighted by Gasteiger charge is 2.98. The summed E-state index contributed by atoms with van der Waals surface area (Å²) in [7, 11) is -21.9. The monoisotopic (exact) mass is 1640 g/mol. The minimum absolute atomic E-state index is 0.710. The van der Waals surface area contributed by atoms with Gasteiger partial charge in [0.2, 0.25) is 0 Å². The number of hydrogen-bond acceptors (Lipinski definition) is 9. The number of hydrogen-bond donors (Lipinski definition) is 0. The van der Waals surface area contributed by atoms with E-state index in [1.54, 1.807) is 0 Å². The molecule has 0 spiro atoms. The lowest BCUT2D eigenvalue weighted by Gasteiger charge is -2.42. The van der Waals surface area contributed by atoms with E-state index < -0.39 is 236 Å². The Morgan fingerprint density at radius 1 is 0.227 bits per heavy atom. The van der Waals surface area contributed by atoms with E-state index >= 15 is 0 Å². The lowest BCUT2D eigenvalue weighted by Crippen LogP contribution is -2.74. The van der Waals surface area contributed by atoms with Crippen molar-refractivity contribution in [2.75, 3.05) is 23.9 Å². The molecule has 0 aromatic carbocycles. The van der Waals surface area contributed by atoms with Crippen molar-refractivity contribution >= 4 is 30.4 Å². The number of halogens is 51. The van der Waals surface area contributed by atoms with Gasteiger partial charge in [0.25, 0.3) is 30.4 Å². The molecule has 63 heteroatoms. The molecule has 0 aliphatic rings. The summed E-state index contributed by atoms with van der Waals surface area (Å²) in [4.78, 5) is 0. The average molecular weight is 1640 g/mol. The molecule has 0 saturated heterocycles. The normalized spacial score (nSPS) is 17.4. The summed E-state index contributed by atoms with van der Waals surface area (Å²) in [6, 6.07) is 0. The third-order valence-corrected chi connectivity index (χ3v) is 15.6. The van der Waals surface area contributed by atoms with E-state index in [1.165, 1.54) is 0 Å². The van der Waals surface area contributed by atoms with Gasteiger partial charge in [-0.05, 0) is 6.92 Å². The third-order valence-electron chi connectivity index (χ3n) is 11.9. The zero-order chi connectivity index (χ0) is 79.7. The van der Waals surface area contributed by atoms with Crippen LogP contribution >= 0.6 is 0 Å². The van der Waals surface area contributed by atoms with Crippen molar-refractivity contribution in [2.24, 2.45) is 0 Å².